The van der Waals surface area contributed by atoms with Crippen LogP contribution >= 0.6 is 0 Å². The largest absolute Gasteiger partial charge is 0.349 e. The molecule has 2 atom stereocenters. The van der Waals surface area contributed by atoms with E-state index in [9.17, 15) is 4.79 Å². The van der Waals surface area contributed by atoms with Crippen molar-refractivity contribution in [3.8, 4) is 0 Å². The number of rotatable bonds is 4. The molecule has 0 bridgehead atoms. The van der Waals surface area contributed by atoms with Crippen LogP contribution in [0.25, 0.3) is 0 Å². The summed E-state index contributed by atoms with van der Waals surface area (Å²) >= 11 is 0. The van der Waals surface area contributed by atoms with Crippen LogP contribution in [0.15, 0.2) is 24.8 Å². The van der Waals surface area contributed by atoms with E-state index in [0.29, 0.717) is 6.42 Å². The van der Waals surface area contributed by atoms with Crippen LogP contribution in [0.5, 0.6) is 0 Å². The van der Waals surface area contributed by atoms with Crippen LogP contribution in [-0.4, -0.2) is 25.8 Å². The van der Waals surface area contributed by atoms with E-state index in [1.54, 1.807) is 32.4 Å². The van der Waals surface area contributed by atoms with Crippen molar-refractivity contribution in [3.63, 3.8) is 0 Å². The Morgan fingerprint density at radius 2 is 2.13 bits per heavy atom. The van der Waals surface area contributed by atoms with Gasteiger partial charge in [0.1, 0.15) is 0 Å². The molecule has 0 saturated heterocycles. The lowest BCUT2D eigenvalue weighted by Crippen LogP contribution is -2.47. The zero-order chi connectivity index (χ0) is 11.5. The zero-order valence-electron chi connectivity index (χ0n) is 9.53. The molecule has 0 aromatic rings. The summed E-state index contributed by atoms with van der Waals surface area (Å²) in [6.07, 6.45) is 5.65. The molecule has 0 fully saturated rings. The van der Waals surface area contributed by atoms with Crippen molar-refractivity contribution in [1.82, 2.24) is 0 Å². The maximum atomic E-state index is 11.7. The fourth-order valence-corrected chi connectivity index (χ4v) is 2.09. The van der Waals surface area contributed by atoms with Gasteiger partial charge < -0.3 is 9.47 Å². The van der Waals surface area contributed by atoms with Crippen molar-refractivity contribution in [3.05, 3.63) is 24.8 Å². The molecule has 15 heavy (non-hydrogen) atoms. The second-order valence-corrected chi connectivity index (χ2v) is 3.78. The maximum Gasteiger partial charge on any atom is 0.190 e. The van der Waals surface area contributed by atoms with Gasteiger partial charge in [-0.3, -0.25) is 4.79 Å². The van der Waals surface area contributed by atoms with Gasteiger partial charge in [-0.05, 0) is 18.6 Å². The summed E-state index contributed by atoms with van der Waals surface area (Å²) in [6, 6.07) is 0. The van der Waals surface area contributed by atoms with E-state index in [2.05, 4.69) is 6.58 Å². The van der Waals surface area contributed by atoms with Crippen molar-refractivity contribution in [2.75, 3.05) is 14.2 Å². The fourth-order valence-electron chi connectivity index (χ4n) is 2.09. The first-order chi connectivity index (χ1) is 7.11. The summed E-state index contributed by atoms with van der Waals surface area (Å²) < 4.78 is 10.7. The van der Waals surface area contributed by atoms with Gasteiger partial charge in [-0.2, -0.15) is 0 Å². The molecule has 0 amide bonds. The summed E-state index contributed by atoms with van der Waals surface area (Å²) in [5.41, 5.74) is 0. The molecular formula is C12H18O3. The minimum Gasteiger partial charge on any atom is -0.349 e. The minimum atomic E-state index is -0.776. The van der Waals surface area contributed by atoms with Gasteiger partial charge in [0, 0.05) is 26.1 Å². The lowest BCUT2D eigenvalue weighted by Gasteiger charge is -2.39. The predicted molar refractivity (Wildman–Crippen MR) is 58.4 cm³/mol. The summed E-state index contributed by atoms with van der Waals surface area (Å²) in [5.74, 6) is -0.774. The van der Waals surface area contributed by atoms with E-state index in [1.165, 1.54) is 0 Å². The molecule has 3 heteroatoms. The lowest BCUT2D eigenvalue weighted by molar-refractivity contribution is -0.213. The van der Waals surface area contributed by atoms with E-state index in [0.717, 1.165) is 0 Å². The highest BCUT2D eigenvalue weighted by Gasteiger charge is 2.43. The highest BCUT2D eigenvalue weighted by Crippen LogP contribution is 2.36. The molecule has 1 aliphatic rings. The summed E-state index contributed by atoms with van der Waals surface area (Å²) in [6.45, 7) is 5.63. The number of methoxy groups -OCH3 is 2. The second-order valence-electron chi connectivity index (χ2n) is 3.78. The van der Waals surface area contributed by atoms with E-state index in [4.69, 9.17) is 9.47 Å². The Bertz CT molecular complexity index is 277. The lowest BCUT2D eigenvalue weighted by atomic mass is 9.77. The van der Waals surface area contributed by atoms with Crippen molar-refractivity contribution < 1.29 is 14.3 Å². The smallest absolute Gasteiger partial charge is 0.190 e. The van der Waals surface area contributed by atoms with Crippen molar-refractivity contribution >= 4 is 5.78 Å². The van der Waals surface area contributed by atoms with Gasteiger partial charge in [-0.15, -0.1) is 6.58 Å². The Labute approximate surface area is 90.8 Å². The van der Waals surface area contributed by atoms with Gasteiger partial charge >= 0.3 is 0 Å². The monoisotopic (exact) mass is 210 g/mol. The minimum absolute atomic E-state index is 0.0111. The fraction of sp³-hybridized carbons (Fsp3) is 0.583. The predicted octanol–water partition coefficient (Wildman–Crippen LogP) is 1.94. The Hall–Kier alpha value is -0.930. The Morgan fingerprint density at radius 3 is 2.60 bits per heavy atom. The molecule has 0 spiro atoms. The number of ketones is 1. The third-order valence-corrected chi connectivity index (χ3v) is 3.14. The molecule has 0 aromatic carbocycles. The first kappa shape index (κ1) is 12.1. The number of hydrogen-bond donors (Lipinski definition) is 0. The van der Waals surface area contributed by atoms with Crippen LogP contribution in [0.2, 0.25) is 0 Å². The SMILES string of the molecule is C=CCC1C(=O)C=CC(OC)(OC)C1C. The van der Waals surface area contributed by atoms with E-state index in [1.807, 2.05) is 6.92 Å². The molecule has 0 radical (unpaired) electrons. The topological polar surface area (TPSA) is 35.5 Å². The van der Waals surface area contributed by atoms with Crippen LogP contribution in [0.1, 0.15) is 13.3 Å². The molecule has 0 saturated carbocycles. The van der Waals surface area contributed by atoms with Gasteiger partial charge in [0.15, 0.2) is 11.6 Å². The normalized spacial score (nSPS) is 29.1. The summed E-state index contributed by atoms with van der Waals surface area (Å²) in [7, 11) is 3.18. The number of hydrogen-bond acceptors (Lipinski definition) is 3. The molecule has 0 N–H and O–H groups in total. The third-order valence-electron chi connectivity index (χ3n) is 3.14. The molecule has 2 unspecified atom stereocenters. The van der Waals surface area contributed by atoms with Crippen LogP contribution in [0.3, 0.4) is 0 Å². The van der Waals surface area contributed by atoms with E-state index in [-0.39, 0.29) is 17.6 Å². The highest BCUT2D eigenvalue weighted by molar-refractivity contribution is 5.93. The van der Waals surface area contributed by atoms with E-state index < -0.39 is 5.79 Å². The molecule has 84 valence electrons. The Kier molecular flexibility index (Phi) is 3.83. The van der Waals surface area contributed by atoms with Crippen molar-refractivity contribution in [1.29, 1.82) is 0 Å². The first-order valence-corrected chi connectivity index (χ1v) is 5.05. The number of carbonyl (C=O) groups is 1. The average Bonchev–Trinajstić information content (AvgIpc) is 2.26. The molecule has 0 heterocycles. The standard InChI is InChI=1S/C12H18O3/c1-5-6-10-9(2)12(14-3,15-4)8-7-11(10)13/h5,7-10H,1,6H2,2-4H3. The van der Waals surface area contributed by atoms with Gasteiger partial charge in [-0.1, -0.05) is 13.0 Å². The Balaban J connectivity index is 3.00. The highest BCUT2D eigenvalue weighted by atomic mass is 16.7. The van der Waals surface area contributed by atoms with Crippen LogP contribution < -0.4 is 0 Å². The molecular weight excluding hydrogens is 192 g/mol. The van der Waals surface area contributed by atoms with Gasteiger partial charge in [0.25, 0.3) is 0 Å². The number of carbonyl (C=O) groups excluding carboxylic acids is 1. The average molecular weight is 210 g/mol. The Morgan fingerprint density at radius 1 is 1.53 bits per heavy atom. The molecule has 1 rings (SSSR count). The van der Waals surface area contributed by atoms with Crippen molar-refractivity contribution in [2.24, 2.45) is 11.8 Å². The molecule has 0 aromatic heterocycles. The zero-order valence-corrected chi connectivity index (χ0v) is 9.53. The van der Waals surface area contributed by atoms with Crippen LogP contribution in [0.4, 0.5) is 0 Å². The van der Waals surface area contributed by atoms with Gasteiger partial charge in [0.2, 0.25) is 0 Å². The summed E-state index contributed by atoms with van der Waals surface area (Å²) in [4.78, 5) is 11.7. The maximum absolute atomic E-state index is 11.7. The molecule has 0 aliphatic heterocycles. The summed E-state index contributed by atoms with van der Waals surface area (Å²) in [5, 5.41) is 0. The quantitative estimate of drug-likeness (QED) is 0.525. The second kappa shape index (κ2) is 4.73. The van der Waals surface area contributed by atoms with E-state index >= 15 is 0 Å². The molecule has 1 aliphatic carbocycles. The van der Waals surface area contributed by atoms with Crippen LogP contribution in [0, 0.1) is 11.8 Å². The van der Waals surface area contributed by atoms with Gasteiger partial charge in [0.05, 0.1) is 0 Å². The van der Waals surface area contributed by atoms with Gasteiger partial charge in [-0.25, -0.2) is 0 Å². The third kappa shape index (κ3) is 2.03. The molecule has 3 nitrogen and oxygen atoms in total. The first-order valence-electron chi connectivity index (χ1n) is 5.05. The van der Waals surface area contributed by atoms with Crippen molar-refractivity contribution in [2.45, 2.75) is 19.1 Å². The number of allylic oxidation sites excluding steroid dienone is 2. The number of ether oxygens (including phenoxy) is 2. The van der Waals surface area contributed by atoms with Crippen LogP contribution in [-0.2, 0) is 14.3 Å².